The number of aromatic nitrogens is 2. The highest BCUT2D eigenvalue weighted by Gasteiger charge is 2.44. The maximum absolute atomic E-state index is 13.2. The number of methoxy groups -OCH3 is 1. The van der Waals surface area contributed by atoms with Crippen LogP contribution >= 0.6 is 0 Å². The van der Waals surface area contributed by atoms with Gasteiger partial charge in [0.1, 0.15) is 29.0 Å². The Hall–Kier alpha value is -3.29. The van der Waals surface area contributed by atoms with Gasteiger partial charge in [0.05, 0.1) is 24.4 Å². The van der Waals surface area contributed by atoms with Crippen LogP contribution in [0.1, 0.15) is 48.0 Å². The molecule has 32 heavy (non-hydrogen) atoms. The molecule has 0 N–H and O–H groups in total. The molecule has 0 radical (unpaired) electrons. The van der Waals surface area contributed by atoms with Gasteiger partial charge in [-0.25, -0.2) is 4.98 Å². The van der Waals surface area contributed by atoms with Crippen LogP contribution < -0.4 is 9.47 Å². The molecule has 1 aromatic carbocycles. The third-order valence-electron chi connectivity index (χ3n) is 6.35. The Balaban J connectivity index is 1.59. The number of hydrogen-bond donors (Lipinski definition) is 0. The molecule has 8 heteroatoms. The minimum absolute atomic E-state index is 0.0428. The predicted octanol–water partition coefficient (Wildman–Crippen LogP) is 4.82. The molecule has 0 bridgehead atoms. The first-order valence-electron chi connectivity index (χ1n) is 10.6. The van der Waals surface area contributed by atoms with Crippen molar-refractivity contribution in [3.8, 4) is 22.8 Å². The SMILES string of the molecule is COc1cc(-c2cnc3cc(C4(C=O)CC4)ccn23)cc(OC(F)F)c1C(=O)CC1CC1. The Morgan fingerprint density at radius 3 is 2.66 bits per heavy atom. The number of aldehydes is 1. The second-order valence-electron chi connectivity index (χ2n) is 8.56. The highest BCUT2D eigenvalue weighted by Crippen LogP contribution is 2.46. The molecule has 0 unspecified atom stereocenters. The minimum Gasteiger partial charge on any atom is -0.496 e. The summed E-state index contributed by atoms with van der Waals surface area (Å²) >= 11 is 0. The second-order valence-corrected chi connectivity index (χ2v) is 8.56. The van der Waals surface area contributed by atoms with Gasteiger partial charge in [-0.15, -0.1) is 0 Å². The molecule has 0 atom stereocenters. The van der Waals surface area contributed by atoms with Crippen LogP contribution in [0.2, 0.25) is 0 Å². The number of halogens is 2. The van der Waals surface area contributed by atoms with Crippen LogP contribution in [0.4, 0.5) is 8.78 Å². The maximum atomic E-state index is 13.2. The van der Waals surface area contributed by atoms with Crippen LogP contribution in [-0.4, -0.2) is 35.2 Å². The summed E-state index contributed by atoms with van der Waals surface area (Å²) in [6.07, 6.45) is 8.27. The molecule has 0 saturated heterocycles. The van der Waals surface area contributed by atoms with Gasteiger partial charge in [-0.05, 0) is 61.4 Å². The number of carbonyl (C=O) groups excluding carboxylic acids is 2. The molecule has 2 aliphatic carbocycles. The van der Waals surface area contributed by atoms with Crippen molar-refractivity contribution in [1.29, 1.82) is 0 Å². The topological polar surface area (TPSA) is 69.9 Å². The molecule has 2 aromatic heterocycles. The average Bonchev–Trinajstić information content (AvgIpc) is 3.70. The van der Waals surface area contributed by atoms with Gasteiger partial charge in [-0.2, -0.15) is 8.78 Å². The number of nitrogens with zero attached hydrogens (tertiary/aromatic N) is 2. The summed E-state index contributed by atoms with van der Waals surface area (Å²) in [5.74, 6) is 0.0102. The molecule has 0 aliphatic heterocycles. The predicted molar refractivity (Wildman–Crippen MR) is 112 cm³/mol. The Morgan fingerprint density at radius 1 is 1.28 bits per heavy atom. The van der Waals surface area contributed by atoms with Gasteiger partial charge in [-0.3, -0.25) is 9.20 Å². The summed E-state index contributed by atoms with van der Waals surface area (Å²) in [6, 6.07) is 6.82. The van der Waals surface area contributed by atoms with Crippen molar-refractivity contribution in [3.63, 3.8) is 0 Å². The molecule has 2 saturated carbocycles. The van der Waals surface area contributed by atoms with E-state index in [-0.39, 0.29) is 29.3 Å². The number of rotatable bonds is 9. The van der Waals surface area contributed by atoms with Crippen LogP contribution in [0.15, 0.2) is 36.7 Å². The molecular formula is C24H22F2N2O4. The molecular weight excluding hydrogens is 418 g/mol. The fraction of sp³-hybridized carbons (Fsp3) is 0.375. The zero-order valence-electron chi connectivity index (χ0n) is 17.5. The van der Waals surface area contributed by atoms with E-state index < -0.39 is 12.0 Å². The van der Waals surface area contributed by atoms with Crippen LogP contribution in [0.3, 0.4) is 0 Å². The summed E-state index contributed by atoms with van der Waals surface area (Å²) in [5, 5.41) is 0. The number of benzene rings is 1. The largest absolute Gasteiger partial charge is 0.496 e. The first kappa shape index (κ1) is 20.6. The number of ether oxygens (including phenoxy) is 2. The van der Waals surface area contributed by atoms with Crippen LogP contribution in [0, 0.1) is 5.92 Å². The Labute approximate surface area is 183 Å². The quantitative estimate of drug-likeness (QED) is 0.352. The highest BCUT2D eigenvalue weighted by atomic mass is 19.3. The third-order valence-corrected chi connectivity index (χ3v) is 6.35. The van der Waals surface area contributed by atoms with Crippen LogP contribution in [0.5, 0.6) is 11.5 Å². The Bertz CT molecular complexity index is 1210. The number of imidazole rings is 1. The summed E-state index contributed by atoms with van der Waals surface area (Å²) < 4.78 is 38.3. The van der Waals surface area contributed by atoms with Crippen LogP contribution in [0.25, 0.3) is 16.9 Å². The zero-order chi connectivity index (χ0) is 22.5. The highest BCUT2D eigenvalue weighted by molar-refractivity contribution is 6.02. The van der Waals surface area contributed by atoms with Crippen molar-refractivity contribution in [2.75, 3.05) is 7.11 Å². The minimum atomic E-state index is -3.08. The first-order chi connectivity index (χ1) is 15.4. The monoisotopic (exact) mass is 440 g/mol. The van der Waals surface area contributed by atoms with Crippen molar-refractivity contribution in [2.45, 2.75) is 44.1 Å². The van der Waals surface area contributed by atoms with Crippen molar-refractivity contribution in [1.82, 2.24) is 9.38 Å². The molecule has 166 valence electrons. The zero-order valence-corrected chi connectivity index (χ0v) is 17.5. The fourth-order valence-corrected chi connectivity index (χ4v) is 4.16. The van der Waals surface area contributed by atoms with Crippen molar-refractivity contribution < 1.29 is 27.8 Å². The number of alkyl halides is 2. The van der Waals surface area contributed by atoms with Gasteiger partial charge in [0, 0.05) is 18.2 Å². The van der Waals surface area contributed by atoms with E-state index in [9.17, 15) is 18.4 Å². The molecule has 2 fully saturated rings. The fourth-order valence-electron chi connectivity index (χ4n) is 4.16. The van der Waals surface area contributed by atoms with E-state index in [0.717, 1.165) is 37.5 Å². The van der Waals surface area contributed by atoms with E-state index in [4.69, 9.17) is 9.47 Å². The number of carbonyl (C=O) groups is 2. The van der Waals surface area contributed by atoms with Gasteiger partial charge in [0.2, 0.25) is 0 Å². The molecule has 2 aliphatic rings. The molecule has 0 amide bonds. The van der Waals surface area contributed by atoms with Crippen molar-refractivity contribution in [2.24, 2.45) is 5.92 Å². The molecule has 3 aromatic rings. The number of fused-ring (bicyclic) bond motifs is 1. The van der Waals surface area contributed by atoms with E-state index >= 15 is 0 Å². The van der Waals surface area contributed by atoms with Crippen molar-refractivity contribution in [3.05, 3.63) is 47.8 Å². The van der Waals surface area contributed by atoms with E-state index in [0.29, 0.717) is 22.8 Å². The normalized spacial score (nSPS) is 16.9. The average molecular weight is 440 g/mol. The second kappa shape index (κ2) is 7.69. The Morgan fingerprint density at radius 2 is 2.03 bits per heavy atom. The summed E-state index contributed by atoms with van der Waals surface area (Å²) in [6.45, 7) is -3.08. The third kappa shape index (κ3) is 3.63. The summed E-state index contributed by atoms with van der Waals surface area (Å²) in [7, 11) is 1.40. The molecule has 2 heterocycles. The van der Waals surface area contributed by atoms with E-state index in [1.54, 1.807) is 16.7 Å². The standard InChI is InChI=1S/C24H22F2N2O4/c1-31-19-9-15(10-20(32-23(25)26)22(19)18(30)8-14-2-3-14)17-12-27-21-11-16(4-7-28(17)21)24(13-29)5-6-24/h4,7,9-14,23H,2-3,5-6,8H2,1H3. The van der Waals surface area contributed by atoms with E-state index in [1.807, 2.05) is 18.3 Å². The number of Topliss-reactive ketones (excluding diaryl/α,β-unsaturated/α-hetero) is 1. The molecule has 6 nitrogen and oxygen atoms in total. The smallest absolute Gasteiger partial charge is 0.387 e. The maximum Gasteiger partial charge on any atom is 0.387 e. The van der Waals surface area contributed by atoms with Gasteiger partial charge >= 0.3 is 6.61 Å². The van der Waals surface area contributed by atoms with Crippen molar-refractivity contribution >= 4 is 17.7 Å². The number of pyridine rings is 1. The first-order valence-corrected chi connectivity index (χ1v) is 10.6. The van der Waals surface area contributed by atoms with E-state index in [1.165, 1.54) is 13.2 Å². The number of hydrogen-bond acceptors (Lipinski definition) is 5. The summed E-state index contributed by atoms with van der Waals surface area (Å²) in [5.41, 5.74) is 2.32. The molecule has 5 rings (SSSR count). The summed E-state index contributed by atoms with van der Waals surface area (Å²) in [4.78, 5) is 28.7. The lowest BCUT2D eigenvalue weighted by Gasteiger charge is -2.16. The lowest BCUT2D eigenvalue weighted by atomic mass is 9.99. The molecule has 0 spiro atoms. The van der Waals surface area contributed by atoms with E-state index in [2.05, 4.69) is 4.98 Å². The van der Waals surface area contributed by atoms with Gasteiger partial charge in [-0.1, -0.05) is 0 Å². The number of ketones is 1. The van der Waals surface area contributed by atoms with Crippen LogP contribution in [-0.2, 0) is 10.2 Å². The lowest BCUT2D eigenvalue weighted by molar-refractivity contribution is -0.109. The van der Waals surface area contributed by atoms with Gasteiger partial charge in [0.15, 0.2) is 5.78 Å². The Kier molecular flexibility index (Phi) is 4.95. The van der Waals surface area contributed by atoms with Gasteiger partial charge < -0.3 is 14.3 Å². The lowest BCUT2D eigenvalue weighted by Crippen LogP contribution is -2.11. The van der Waals surface area contributed by atoms with Gasteiger partial charge in [0.25, 0.3) is 0 Å².